The normalized spacial score (nSPS) is 13.2. The summed E-state index contributed by atoms with van der Waals surface area (Å²) in [5.74, 6) is 0. The monoisotopic (exact) mass is 228 g/mol. The van der Waals surface area contributed by atoms with Crippen LogP contribution in [-0.4, -0.2) is 43.4 Å². The predicted molar refractivity (Wildman–Crippen MR) is 48.3 cm³/mol. The van der Waals surface area contributed by atoms with Gasteiger partial charge in [-0.25, -0.2) is 18.0 Å². The van der Waals surface area contributed by atoms with Crippen LogP contribution in [0.5, 0.6) is 0 Å². The second kappa shape index (κ2) is 7.33. The predicted octanol–water partition coefficient (Wildman–Crippen LogP) is 1.35. The van der Waals surface area contributed by atoms with E-state index in [1.807, 2.05) is 0 Å². The van der Waals surface area contributed by atoms with Gasteiger partial charge in [-0.2, -0.15) is 0 Å². The fraction of sp³-hybridized carbons (Fsp3) is 0.875. The average molecular weight is 228 g/mol. The van der Waals surface area contributed by atoms with Crippen molar-refractivity contribution in [2.24, 2.45) is 5.73 Å². The van der Waals surface area contributed by atoms with Gasteiger partial charge in [0.2, 0.25) is 6.30 Å². The van der Waals surface area contributed by atoms with Crippen LogP contribution in [0.15, 0.2) is 0 Å². The summed E-state index contributed by atoms with van der Waals surface area (Å²) < 4.78 is 41.2. The van der Waals surface area contributed by atoms with Crippen molar-refractivity contribution in [3.63, 3.8) is 0 Å². The first-order chi connectivity index (χ1) is 6.99. The lowest BCUT2D eigenvalue weighted by Gasteiger charge is -2.23. The van der Waals surface area contributed by atoms with Crippen LogP contribution in [-0.2, 0) is 4.74 Å². The molecule has 0 aliphatic carbocycles. The number of hydrogen-bond acceptors (Lipinski definition) is 3. The molecule has 0 bridgehead atoms. The van der Waals surface area contributed by atoms with E-state index >= 15 is 0 Å². The average Bonchev–Trinajstić information content (AvgIpc) is 2.16. The molecule has 0 aromatic rings. The number of nitrogens with zero attached hydrogens (tertiary/aromatic N) is 1. The van der Waals surface area contributed by atoms with Crippen molar-refractivity contribution in [3.8, 4) is 0 Å². The van der Waals surface area contributed by atoms with Gasteiger partial charge in [0.25, 0.3) is 6.43 Å². The maximum Gasteiger partial charge on any atom is 0.404 e. The number of ether oxygens (including phenoxy) is 1. The van der Waals surface area contributed by atoms with Crippen LogP contribution < -0.4 is 5.73 Å². The minimum atomic E-state index is -3.03. The van der Waals surface area contributed by atoms with Crippen molar-refractivity contribution in [3.05, 3.63) is 0 Å². The Morgan fingerprint density at radius 3 is 2.47 bits per heavy atom. The van der Waals surface area contributed by atoms with Crippen LogP contribution >= 0.6 is 0 Å². The fourth-order valence-electron chi connectivity index (χ4n) is 1.06. The maximum atomic E-state index is 12.8. The molecule has 15 heavy (non-hydrogen) atoms. The molecule has 1 atom stereocenters. The van der Waals surface area contributed by atoms with Crippen molar-refractivity contribution < 1.29 is 22.7 Å². The Bertz CT molecular complexity index is 193. The van der Waals surface area contributed by atoms with Crippen LogP contribution in [0.2, 0.25) is 0 Å². The highest BCUT2D eigenvalue weighted by Crippen LogP contribution is 2.11. The zero-order chi connectivity index (χ0) is 11.8. The summed E-state index contributed by atoms with van der Waals surface area (Å²) in [6.45, 7) is 1.84. The van der Waals surface area contributed by atoms with E-state index in [0.29, 0.717) is 0 Å². The molecule has 0 rings (SSSR count). The van der Waals surface area contributed by atoms with Gasteiger partial charge >= 0.3 is 6.09 Å². The van der Waals surface area contributed by atoms with Gasteiger partial charge in [0.15, 0.2) is 0 Å². The standard InChI is InChI=1S/C8H15F3N2O2/c1-2-13(7(11)6(9)10)4-3-5-15-8(12)14/h6-7H,2-5H2,1H3,(H2,12,14). The van der Waals surface area contributed by atoms with E-state index in [0.717, 1.165) is 4.90 Å². The number of amides is 1. The van der Waals surface area contributed by atoms with E-state index < -0.39 is 18.8 Å². The highest BCUT2D eigenvalue weighted by molar-refractivity contribution is 5.64. The van der Waals surface area contributed by atoms with E-state index in [9.17, 15) is 18.0 Å². The summed E-state index contributed by atoms with van der Waals surface area (Å²) in [7, 11) is 0. The third-order valence-electron chi connectivity index (χ3n) is 1.80. The van der Waals surface area contributed by atoms with Crippen molar-refractivity contribution in [2.75, 3.05) is 19.7 Å². The smallest absolute Gasteiger partial charge is 0.404 e. The largest absolute Gasteiger partial charge is 0.450 e. The summed E-state index contributed by atoms with van der Waals surface area (Å²) in [6, 6.07) is 0. The lowest BCUT2D eigenvalue weighted by Crippen LogP contribution is -2.38. The molecule has 4 nitrogen and oxygen atoms in total. The van der Waals surface area contributed by atoms with Gasteiger partial charge in [-0.05, 0) is 13.0 Å². The van der Waals surface area contributed by atoms with Crippen molar-refractivity contribution in [2.45, 2.75) is 26.1 Å². The number of carbonyl (C=O) groups is 1. The topological polar surface area (TPSA) is 55.6 Å². The Morgan fingerprint density at radius 1 is 1.47 bits per heavy atom. The highest BCUT2D eigenvalue weighted by atomic mass is 19.3. The number of rotatable bonds is 7. The minimum absolute atomic E-state index is 0.00178. The van der Waals surface area contributed by atoms with Gasteiger partial charge in [-0.15, -0.1) is 0 Å². The molecule has 0 spiro atoms. The fourth-order valence-corrected chi connectivity index (χ4v) is 1.06. The van der Waals surface area contributed by atoms with Crippen LogP contribution in [0.25, 0.3) is 0 Å². The molecule has 0 radical (unpaired) electrons. The van der Waals surface area contributed by atoms with E-state index in [-0.39, 0.29) is 26.1 Å². The van der Waals surface area contributed by atoms with Crippen molar-refractivity contribution >= 4 is 6.09 Å². The first kappa shape index (κ1) is 14.0. The Labute approximate surface area is 86.2 Å². The molecule has 0 heterocycles. The highest BCUT2D eigenvalue weighted by Gasteiger charge is 2.25. The third kappa shape index (κ3) is 6.16. The molecular formula is C8H15F3N2O2. The SMILES string of the molecule is CCN(CCCOC(N)=O)C(F)C(F)F. The van der Waals surface area contributed by atoms with Gasteiger partial charge in [-0.1, -0.05) is 6.92 Å². The quantitative estimate of drug-likeness (QED) is 0.528. The zero-order valence-electron chi connectivity index (χ0n) is 8.46. The lowest BCUT2D eigenvalue weighted by atomic mass is 10.3. The van der Waals surface area contributed by atoms with E-state index in [1.165, 1.54) is 0 Å². The summed E-state index contributed by atoms with van der Waals surface area (Å²) in [5, 5.41) is 0. The van der Waals surface area contributed by atoms with Crippen molar-refractivity contribution in [1.82, 2.24) is 4.90 Å². The van der Waals surface area contributed by atoms with Gasteiger partial charge in [0.05, 0.1) is 6.61 Å². The number of primary amides is 1. The molecule has 90 valence electrons. The number of halogens is 3. The van der Waals surface area contributed by atoms with E-state index in [2.05, 4.69) is 10.5 Å². The number of hydrogen-bond donors (Lipinski definition) is 1. The molecule has 0 saturated carbocycles. The molecule has 0 fully saturated rings. The van der Waals surface area contributed by atoms with Crippen molar-refractivity contribution in [1.29, 1.82) is 0 Å². The zero-order valence-corrected chi connectivity index (χ0v) is 8.46. The van der Waals surface area contributed by atoms with E-state index in [4.69, 9.17) is 0 Å². The lowest BCUT2D eigenvalue weighted by molar-refractivity contribution is -0.0482. The molecule has 0 aromatic heterocycles. The van der Waals surface area contributed by atoms with Gasteiger partial charge in [0, 0.05) is 6.54 Å². The first-order valence-corrected chi connectivity index (χ1v) is 4.57. The second-order valence-corrected chi connectivity index (χ2v) is 2.86. The molecular weight excluding hydrogens is 213 g/mol. The molecule has 0 saturated heterocycles. The third-order valence-corrected chi connectivity index (χ3v) is 1.80. The molecule has 0 aliphatic heterocycles. The minimum Gasteiger partial charge on any atom is -0.450 e. The van der Waals surface area contributed by atoms with Crippen LogP contribution in [0.4, 0.5) is 18.0 Å². The Kier molecular flexibility index (Phi) is 6.85. The first-order valence-electron chi connectivity index (χ1n) is 4.57. The Hall–Kier alpha value is -0.980. The summed E-state index contributed by atoms with van der Waals surface area (Å²) in [5.41, 5.74) is 4.68. The molecule has 0 aliphatic rings. The van der Waals surface area contributed by atoms with Gasteiger partial charge in [-0.3, -0.25) is 4.90 Å². The number of alkyl halides is 3. The van der Waals surface area contributed by atoms with Crippen LogP contribution in [0.3, 0.4) is 0 Å². The van der Waals surface area contributed by atoms with Gasteiger partial charge in [0.1, 0.15) is 0 Å². The summed E-state index contributed by atoms with van der Waals surface area (Å²) in [6.07, 6.45) is -5.96. The molecule has 2 N–H and O–H groups in total. The van der Waals surface area contributed by atoms with E-state index in [1.54, 1.807) is 6.92 Å². The second-order valence-electron chi connectivity index (χ2n) is 2.86. The number of carbonyl (C=O) groups excluding carboxylic acids is 1. The van der Waals surface area contributed by atoms with Crippen LogP contribution in [0, 0.1) is 0 Å². The number of nitrogens with two attached hydrogens (primary N) is 1. The maximum absolute atomic E-state index is 12.8. The Balaban J connectivity index is 3.75. The summed E-state index contributed by atoms with van der Waals surface area (Å²) in [4.78, 5) is 11.1. The molecule has 1 amide bonds. The molecule has 1 unspecified atom stereocenters. The molecule has 0 aromatic carbocycles. The van der Waals surface area contributed by atoms with Crippen LogP contribution in [0.1, 0.15) is 13.3 Å². The van der Waals surface area contributed by atoms with Gasteiger partial charge < -0.3 is 10.5 Å². The molecule has 7 heteroatoms. The Morgan fingerprint density at radius 2 is 2.07 bits per heavy atom. The summed E-state index contributed by atoms with van der Waals surface area (Å²) >= 11 is 0.